The fourth-order valence-corrected chi connectivity index (χ4v) is 1.38. The molecule has 0 unspecified atom stereocenters. The monoisotopic (exact) mass is 222 g/mol. The first-order valence-corrected chi connectivity index (χ1v) is 4.56. The van der Waals surface area contributed by atoms with Crippen LogP contribution in [0, 0.1) is 0 Å². The molecule has 0 spiro atoms. The summed E-state index contributed by atoms with van der Waals surface area (Å²) < 4.78 is 10.3. The normalized spacial score (nSPS) is 12.3. The van der Waals surface area contributed by atoms with E-state index in [-0.39, 0.29) is 6.79 Å². The van der Waals surface area contributed by atoms with E-state index in [4.69, 9.17) is 15.2 Å². The van der Waals surface area contributed by atoms with Gasteiger partial charge in [-0.2, -0.15) is 0 Å². The van der Waals surface area contributed by atoms with Gasteiger partial charge in [-0.1, -0.05) is 0 Å². The van der Waals surface area contributed by atoms with Crippen LogP contribution in [-0.4, -0.2) is 25.7 Å². The molecule has 0 fully saturated rings. The highest BCUT2D eigenvalue weighted by molar-refractivity contribution is 6.39. The zero-order valence-corrected chi connectivity index (χ0v) is 8.60. The highest BCUT2D eigenvalue weighted by atomic mass is 16.7. The number of rotatable bonds is 1. The van der Waals surface area contributed by atoms with Crippen LogP contribution < -0.4 is 20.1 Å². The number of anilines is 1. The van der Waals surface area contributed by atoms with Crippen LogP contribution in [0.4, 0.5) is 5.69 Å². The summed E-state index contributed by atoms with van der Waals surface area (Å²) >= 11 is 0. The van der Waals surface area contributed by atoms with Gasteiger partial charge in [-0.25, -0.2) is 0 Å². The number of ether oxygens (including phenoxy) is 2. The summed E-state index contributed by atoms with van der Waals surface area (Å²) in [6.45, 7) is 0.159. The number of hydrogen-bond acceptors (Lipinski definition) is 4. The van der Waals surface area contributed by atoms with Crippen LogP contribution in [0.3, 0.4) is 0 Å². The lowest BCUT2D eigenvalue weighted by molar-refractivity contribution is -0.135. The molecule has 0 atom stereocenters. The van der Waals surface area contributed by atoms with E-state index in [1.807, 2.05) is 0 Å². The number of likely N-dealkylation sites (N-methyl/N-ethyl adjacent to an activating group) is 1. The first kappa shape index (κ1) is 10.3. The molecule has 0 bridgehead atoms. The van der Waals surface area contributed by atoms with Crippen molar-refractivity contribution in [2.24, 2.45) is 5.73 Å². The SMILES string of the molecule is CN(C(=O)C(N)=O)c1ccc2c(c1)OCO2. The van der Waals surface area contributed by atoms with Crippen LogP contribution >= 0.6 is 0 Å². The highest BCUT2D eigenvalue weighted by Crippen LogP contribution is 2.35. The van der Waals surface area contributed by atoms with Crippen molar-refractivity contribution in [3.63, 3.8) is 0 Å². The molecule has 84 valence electrons. The average Bonchev–Trinajstić information content (AvgIpc) is 2.73. The molecular weight excluding hydrogens is 212 g/mol. The molecule has 0 saturated carbocycles. The number of fused-ring (bicyclic) bond motifs is 1. The summed E-state index contributed by atoms with van der Waals surface area (Å²) in [5, 5.41) is 0. The molecule has 6 heteroatoms. The van der Waals surface area contributed by atoms with Gasteiger partial charge in [-0.05, 0) is 12.1 Å². The van der Waals surface area contributed by atoms with Gasteiger partial charge in [0.15, 0.2) is 11.5 Å². The van der Waals surface area contributed by atoms with Crippen LogP contribution in [0.5, 0.6) is 11.5 Å². The fourth-order valence-electron chi connectivity index (χ4n) is 1.38. The zero-order valence-electron chi connectivity index (χ0n) is 8.60. The van der Waals surface area contributed by atoms with E-state index < -0.39 is 11.8 Å². The Hall–Kier alpha value is -2.24. The Balaban J connectivity index is 2.28. The van der Waals surface area contributed by atoms with Crippen molar-refractivity contribution in [3.8, 4) is 11.5 Å². The van der Waals surface area contributed by atoms with Gasteiger partial charge in [0.2, 0.25) is 6.79 Å². The number of amides is 2. The molecule has 0 radical (unpaired) electrons. The Bertz CT molecular complexity index is 458. The predicted molar refractivity (Wildman–Crippen MR) is 55.2 cm³/mol. The van der Waals surface area contributed by atoms with E-state index >= 15 is 0 Å². The fraction of sp³-hybridized carbons (Fsp3) is 0.200. The molecular formula is C10H10N2O4. The minimum absolute atomic E-state index is 0.159. The van der Waals surface area contributed by atoms with Crippen molar-refractivity contribution in [2.45, 2.75) is 0 Å². The number of carbonyl (C=O) groups excluding carboxylic acids is 2. The minimum atomic E-state index is -1.000. The summed E-state index contributed by atoms with van der Waals surface area (Å²) in [5.74, 6) is -0.621. The van der Waals surface area contributed by atoms with Crippen LogP contribution in [-0.2, 0) is 9.59 Å². The van der Waals surface area contributed by atoms with E-state index in [1.165, 1.54) is 7.05 Å². The lowest BCUT2D eigenvalue weighted by Gasteiger charge is -2.15. The molecule has 0 aliphatic carbocycles. The number of nitrogens with zero attached hydrogens (tertiary/aromatic N) is 1. The Kier molecular flexibility index (Phi) is 2.40. The summed E-state index contributed by atoms with van der Waals surface area (Å²) in [7, 11) is 1.46. The second-order valence-corrected chi connectivity index (χ2v) is 3.27. The molecule has 2 rings (SSSR count). The number of primary amides is 1. The lowest BCUT2D eigenvalue weighted by atomic mass is 10.2. The Morgan fingerprint density at radius 1 is 1.31 bits per heavy atom. The number of benzene rings is 1. The van der Waals surface area contributed by atoms with Crippen molar-refractivity contribution < 1.29 is 19.1 Å². The number of hydrogen-bond donors (Lipinski definition) is 1. The van der Waals surface area contributed by atoms with Gasteiger partial charge in [-0.15, -0.1) is 0 Å². The third-order valence-electron chi connectivity index (χ3n) is 2.26. The average molecular weight is 222 g/mol. The van der Waals surface area contributed by atoms with Crippen molar-refractivity contribution in [1.29, 1.82) is 0 Å². The summed E-state index contributed by atoms with van der Waals surface area (Å²) in [6, 6.07) is 4.93. The van der Waals surface area contributed by atoms with Crippen molar-refractivity contribution in [1.82, 2.24) is 0 Å². The molecule has 1 aromatic carbocycles. The van der Waals surface area contributed by atoms with E-state index in [1.54, 1.807) is 18.2 Å². The summed E-state index contributed by atoms with van der Waals surface area (Å²) in [5.41, 5.74) is 5.42. The molecule has 1 aliphatic rings. The van der Waals surface area contributed by atoms with Gasteiger partial charge in [0, 0.05) is 18.8 Å². The third kappa shape index (κ3) is 1.65. The highest BCUT2D eigenvalue weighted by Gasteiger charge is 2.20. The van der Waals surface area contributed by atoms with Gasteiger partial charge in [0.05, 0.1) is 0 Å². The molecule has 0 saturated heterocycles. The second-order valence-electron chi connectivity index (χ2n) is 3.27. The topological polar surface area (TPSA) is 81.9 Å². The smallest absolute Gasteiger partial charge is 0.315 e. The van der Waals surface area contributed by atoms with Crippen molar-refractivity contribution in [2.75, 3.05) is 18.7 Å². The minimum Gasteiger partial charge on any atom is -0.454 e. The molecule has 2 amide bonds. The van der Waals surface area contributed by atoms with Crippen LogP contribution in [0.2, 0.25) is 0 Å². The van der Waals surface area contributed by atoms with Crippen LogP contribution in [0.1, 0.15) is 0 Å². The van der Waals surface area contributed by atoms with Gasteiger partial charge in [0.25, 0.3) is 0 Å². The van der Waals surface area contributed by atoms with Crippen LogP contribution in [0.15, 0.2) is 18.2 Å². The maximum atomic E-state index is 11.3. The van der Waals surface area contributed by atoms with E-state index in [2.05, 4.69) is 0 Å². The molecule has 1 heterocycles. The number of nitrogens with two attached hydrogens (primary N) is 1. The van der Waals surface area contributed by atoms with Gasteiger partial charge >= 0.3 is 11.8 Å². The van der Waals surface area contributed by atoms with Crippen LogP contribution in [0.25, 0.3) is 0 Å². The van der Waals surface area contributed by atoms with E-state index in [0.717, 1.165) is 4.90 Å². The second kappa shape index (κ2) is 3.73. The molecule has 6 nitrogen and oxygen atoms in total. The Morgan fingerprint density at radius 3 is 2.69 bits per heavy atom. The maximum Gasteiger partial charge on any atom is 0.315 e. The molecule has 2 N–H and O–H groups in total. The van der Waals surface area contributed by atoms with Gasteiger partial charge in [-0.3, -0.25) is 9.59 Å². The first-order valence-electron chi connectivity index (χ1n) is 4.56. The molecule has 1 aliphatic heterocycles. The summed E-state index contributed by atoms with van der Waals surface area (Å²) in [6.07, 6.45) is 0. The lowest BCUT2D eigenvalue weighted by Crippen LogP contribution is -2.37. The van der Waals surface area contributed by atoms with E-state index in [0.29, 0.717) is 17.2 Å². The quantitative estimate of drug-likeness (QED) is 0.670. The van der Waals surface area contributed by atoms with E-state index in [9.17, 15) is 9.59 Å². The third-order valence-corrected chi connectivity index (χ3v) is 2.26. The molecule has 16 heavy (non-hydrogen) atoms. The Morgan fingerprint density at radius 2 is 2.00 bits per heavy atom. The van der Waals surface area contributed by atoms with Gasteiger partial charge < -0.3 is 20.1 Å². The van der Waals surface area contributed by atoms with Gasteiger partial charge in [0.1, 0.15) is 0 Å². The maximum absolute atomic E-state index is 11.3. The molecule has 1 aromatic rings. The largest absolute Gasteiger partial charge is 0.454 e. The summed E-state index contributed by atoms with van der Waals surface area (Å²) in [4.78, 5) is 23.2. The number of carbonyl (C=O) groups is 2. The molecule has 0 aromatic heterocycles. The standard InChI is InChI=1S/C10H10N2O4/c1-12(10(14)9(11)13)6-2-3-7-8(4-6)16-5-15-7/h2-4H,5H2,1H3,(H2,11,13). The first-order chi connectivity index (χ1) is 7.59. The van der Waals surface area contributed by atoms with Crippen molar-refractivity contribution in [3.05, 3.63) is 18.2 Å². The predicted octanol–water partition coefficient (Wildman–Crippen LogP) is -0.137. The zero-order chi connectivity index (χ0) is 11.7. The van der Waals surface area contributed by atoms with Crippen molar-refractivity contribution >= 4 is 17.5 Å². The Labute approximate surface area is 91.5 Å².